The van der Waals surface area contributed by atoms with Crippen LogP contribution < -0.4 is 16.0 Å². The van der Waals surface area contributed by atoms with E-state index in [1.54, 1.807) is 0 Å². The Morgan fingerprint density at radius 1 is 1.43 bits per heavy atom. The second-order valence-electron chi connectivity index (χ2n) is 5.85. The molecule has 2 heterocycles. The first kappa shape index (κ1) is 14.6. The van der Waals surface area contributed by atoms with E-state index < -0.39 is 0 Å². The summed E-state index contributed by atoms with van der Waals surface area (Å²) in [4.78, 5) is 14.6. The van der Waals surface area contributed by atoms with Crippen molar-refractivity contribution in [2.75, 3.05) is 23.8 Å². The van der Waals surface area contributed by atoms with Crippen molar-refractivity contribution in [1.29, 1.82) is 0 Å². The number of carbonyl (C=O) groups is 1. The molecule has 1 unspecified atom stereocenters. The maximum atomic E-state index is 12.4. The van der Waals surface area contributed by atoms with E-state index in [0.717, 1.165) is 43.6 Å². The van der Waals surface area contributed by atoms with Crippen LogP contribution in [0, 0.1) is 0 Å². The molecule has 2 fully saturated rings. The lowest BCUT2D eigenvalue weighted by Crippen LogP contribution is -2.41. The lowest BCUT2D eigenvalue weighted by Gasteiger charge is -2.36. The molecule has 21 heavy (non-hydrogen) atoms. The van der Waals surface area contributed by atoms with Gasteiger partial charge in [0.25, 0.3) is 5.91 Å². The molecule has 1 aliphatic carbocycles. The van der Waals surface area contributed by atoms with Crippen LogP contribution in [-0.4, -0.2) is 40.6 Å². The Morgan fingerprint density at radius 3 is 2.95 bits per heavy atom. The molecule has 7 heteroatoms. The highest BCUT2D eigenvalue weighted by Crippen LogP contribution is 2.36. The number of aromatic nitrogens is 1. The second kappa shape index (κ2) is 6.19. The van der Waals surface area contributed by atoms with Crippen molar-refractivity contribution < 1.29 is 9.90 Å². The quantitative estimate of drug-likeness (QED) is 0.764. The molecule has 4 N–H and O–H groups in total. The Balaban J connectivity index is 1.84. The van der Waals surface area contributed by atoms with Crippen LogP contribution >= 0.6 is 11.5 Å². The molecular weight excluding hydrogens is 288 g/mol. The van der Waals surface area contributed by atoms with E-state index in [1.807, 2.05) is 0 Å². The number of nitrogens with two attached hydrogens (primary N) is 1. The summed E-state index contributed by atoms with van der Waals surface area (Å²) in [6, 6.07) is 0.579. The zero-order chi connectivity index (χ0) is 14.8. The zero-order valence-electron chi connectivity index (χ0n) is 12.0. The third-order valence-corrected chi connectivity index (χ3v) is 5.09. The van der Waals surface area contributed by atoms with E-state index in [1.165, 1.54) is 18.0 Å². The van der Waals surface area contributed by atoms with Gasteiger partial charge in [0.05, 0.1) is 0 Å². The van der Waals surface area contributed by atoms with Crippen LogP contribution in [0.15, 0.2) is 0 Å². The van der Waals surface area contributed by atoms with Gasteiger partial charge in [-0.15, -0.1) is 0 Å². The molecule has 1 amide bonds. The number of nitrogens with zero attached hydrogens (tertiary/aromatic N) is 2. The third-order valence-electron chi connectivity index (χ3n) is 4.19. The Hall–Kier alpha value is -1.34. The summed E-state index contributed by atoms with van der Waals surface area (Å²) in [5.41, 5.74) is 6.45. The molecular formula is C14H22N4O2S. The van der Waals surface area contributed by atoms with Crippen molar-refractivity contribution in [2.24, 2.45) is 0 Å². The molecule has 1 aromatic rings. The van der Waals surface area contributed by atoms with Crippen LogP contribution in [0.5, 0.6) is 0 Å². The average molecular weight is 310 g/mol. The third kappa shape index (κ3) is 3.13. The van der Waals surface area contributed by atoms with Crippen molar-refractivity contribution >= 4 is 28.3 Å². The normalized spacial score (nSPS) is 22.3. The lowest BCUT2D eigenvalue weighted by atomic mass is 9.99. The van der Waals surface area contributed by atoms with Gasteiger partial charge in [-0.05, 0) is 50.1 Å². The minimum atomic E-state index is -0.105. The summed E-state index contributed by atoms with van der Waals surface area (Å²) in [6.45, 7) is 1.06. The highest BCUT2D eigenvalue weighted by atomic mass is 32.1. The number of rotatable bonds is 5. The predicted molar refractivity (Wildman–Crippen MR) is 83.7 cm³/mol. The Kier molecular flexibility index (Phi) is 4.30. The van der Waals surface area contributed by atoms with Crippen LogP contribution in [0.1, 0.15) is 48.9 Å². The molecule has 0 radical (unpaired) electrons. The van der Waals surface area contributed by atoms with Gasteiger partial charge in [0, 0.05) is 25.2 Å². The van der Waals surface area contributed by atoms with Crippen LogP contribution in [-0.2, 0) is 0 Å². The predicted octanol–water partition coefficient (Wildman–Crippen LogP) is 1.36. The maximum Gasteiger partial charge on any atom is 0.258 e. The standard InChI is InChI=1S/C14H22N4O2S/c15-12-11(13(20)16-9-4-5-9)14(21-17-12)18-7-2-1-3-10(18)6-8-19/h9-10,19H,1-8H2,(H2,15,17)(H,16,20). The molecule has 3 rings (SSSR count). The smallest absolute Gasteiger partial charge is 0.258 e. The Labute approximate surface area is 128 Å². The summed E-state index contributed by atoms with van der Waals surface area (Å²) < 4.78 is 4.19. The first-order chi connectivity index (χ1) is 10.2. The number of aliphatic hydroxyl groups excluding tert-OH is 1. The van der Waals surface area contributed by atoms with Crippen LogP contribution in [0.2, 0.25) is 0 Å². The van der Waals surface area contributed by atoms with Gasteiger partial charge in [-0.1, -0.05) is 0 Å². The Bertz CT molecular complexity index is 513. The number of nitrogens with one attached hydrogen (secondary N) is 1. The first-order valence-corrected chi connectivity index (χ1v) is 8.41. The number of aliphatic hydroxyl groups is 1. The fourth-order valence-corrected chi connectivity index (χ4v) is 3.81. The molecule has 0 spiro atoms. The number of hydrogen-bond donors (Lipinski definition) is 3. The number of amides is 1. The maximum absolute atomic E-state index is 12.4. The van der Waals surface area contributed by atoms with Crippen molar-refractivity contribution in [3.05, 3.63) is 5.56 Å². The Morgan fingerprint density at radius 2 is 2.24 bits per heavy atom. The number of anilines is 2. The van der Waals surface area contributed by atoms with E-state index in [4.69, 9.17) is 5.73 Å². The molecule has 1 saturated heterocycles. The van der Waals surface area contributed by atoms with Crippen molar-refractivity contribution in [3.63, 3.8) is 0 Å². The molecule has 1 saturated carbocycles. The fraction of sp³-hybridized carbons (Fsp3) is 0.714. The SMILES string of the molecule is Nc1nsc(N2CCCCC2CCO)c1C(=O)NC1CC1. The largest absolute Gasteiger partial charge is 0.396 e. The van der Waals surface area contributed by atoms with Gasteiger partial charge in [0.2, 0.25) is 0 Å². The molecule has 0 aromatic carbocycles. The van der Waals surface area contributed by atoms with Gasteiger partial charge in [0.1, 0.15) is 10.6 Å². The monoisotopic (exact) mass is 310 g/mol. The summed E-state index contributed by atoms with van der Waals surface area (Å²) in [7, 11) is 0. The number of nitrogen functional groups attached to an aromatic ring is 1. The fourth-order valence-electron chi connectivity index (χ4n) is 2.91. The molecule has 2 aliphatic rings. The van der Waals surface area contributed by atoms with Gasteiger partial charge >= 0.3 is 0 Å². The molecule has 1 aromatic heterocycles. The average Bonchev–Trinajstić information content (AvgIpc) is 3.20. The van der Waals surface area contributed by atoms with Crippen LogP contribution in [0.4, 0.5) is 10.8 Å². The van der Waals surface area contributed by atoms with Crippen molar-refractivity contribution in [1.82, 2.24) is 9.69 Å². The lowest BCUT2D eigenvalue weighted by molar-refractivity contribution is 0.0952. The van der Waals surface area contributed by atoms with Gasteiger partial charge in [-0.25, -0.2) is 0 Å². The van der Waals surface area contributed by atoms with E-state index >= 15 is 0 Å². The van der Waals surface area contributed by atoms with Crippen LogP contribution in [0.25, 0.3) is 0 Å². The van der Waals surface area contributed by atoms with E-state index in [9.17, 15) is 9.90 Å². The van der Waals surface area contributed by atoms with E-state index in [-0.39, 0.29) is 18.6 Å². The van der Waals surface area contributed by atoms with Gasteiger partial charge in [0.15, 0.2) is 5.82 Å². The number of carbonyl (C=O) groups excluding carboxylic acids is 1. The summed E-state index contributed by atoms with van der Waals surface area (Å²) >= 11 is 1.30. The molecule has 6 nitrogen and oxygen atoms in total. The minimum Gasteiger partial charge on any atom is -0.396 e. The second-order valence-corrected chi connectivity index (χ2v) is 6.60. The van der Waals surface area contributed by atoms with Gasteiger partial charge in [-0.2, -0.15) is 4.37 Å². The summed E-state index contributed by atoms with van der Waals surface area (Å²) in [5, 5.41) is 13.1. The minimum absolute atomic E-state index is 0.105. The molecule has 1 atom stereocenters. The number of hydrogen-bond acceptors (Lipinski definition) is 6. The molecule has 116 valence electrons. The van der Waals surface area contributed by atoms with E-state index in [2.05, 4.69) is 14.6 Å². The molecule has 0 bridgehead atoms. The summed E-state index contributed by atoms with van der Waals surface area (Å²) in [5.74, 6) is 0.216. The zero-order valence-corrected chi connectivity index (χ0v) is 12.9. The topological polar surface area (TPSA) is 91.5 Å². The van der Waals surface area contributed by atoms with Crippen molar-refractivity contribution in [3.8, 4) is 0 Å². The highest BCUT2D eigenvalue weighted by molar-refractivity contribution is 7.11. The number of piperidine rings is 1. The first-order valence-electron chi connectivity index (χ1n) is 7.64. The molecule has 1 aliphatic heterocycles. The van der Waals surface area contributed by atoms with Crippen molar-refractivity contribution in [2.45, 2.75) is 50.6 Å². The highest BCUT2D eigenvalue weighted by Gasteiger charge is 2.32. The summed E-state index contributed by atoms with van der Waals surface area (Å²) in [6.07, 6.45) is 6.14. The van der Waals surface area contributed by atoms with E-state index in [0.29, 0.717) is 17.4 Å². The van der Waals surface area contributed by atoms with Gasteiger partial charge in [-0.3, -0.25) is 4.79 Å². The van der Waals surface area contributed by atoms with Crippen LogP contribution in [0.3, 0.4) is 0 Å². The van der Waals surface area contributed by atoms with Gasteiger partial charge < -0.3 is 21.1 Å².